The van der Waals surface area contributed by atoms with Crippen LogP contribution in [0.1, 0.15) is 33.5 Å². The van der Waals surface area contributed by atoms with E-state index >= 15 is 0 Å². The standard InChI is InChI=1S/C25H23N2.C14H9NO2.CHF3O3S/c1-17-14-19(8-7-13-26)15-18(2)25(17)21-10-6-12-24-22(21)16-20-9-4-5-11-23(20)27(24)3;16-14(17)13-9-5-1-3-7-11(9)15-12-8-4-2-6-10(12)13;2-1(3,4)8(5,6)7/h4-6,9-12,14-16H,7-8H2,1-3H3;1-8,15H;(H,5,6,7)/q+1;;/p-1. The first-order chi connectivity index (χ1) is 24.6. The van der Waals surface area contributed by atoms with E-state index in [9.17, 15) is 23.1 Å². The van der Waals surface area contributed by atoms with E-state index in [1.807, 2.05) is 36.4 Å². The number of carboxylic acid groups (broad SMARTS) is 1. The molecule has 8 nitrogen and oxygen atoms in total. The van der Waals surface area contributed by atoms with Gasteiger partial charge in [0.1, 0.15) is 34.8 Å². The summed E-state index contributed by atoms with van der Waals surface area (Å²) in [5, 5.41) is 24.0. The third-order valence-electron chi connectivity index (χ3n) is 8.58. The van der Waals surface area contributed by atoms with Gasteiger partial charge in [0, 0.05) is 36.1 Å². The topological polar surface area (TPSA) is 141 Å². The van der Waals surface area contributed by atoms with Crippen LogP contribution in [-0.4, -0.2) is 29.4 Å². The molecule has 264 valence electrons. The number of rotatable bonds is 4. The molecule has 0 bridgehead atoms. The van der Waals surface area contributed by atoms with Crippen LogP contribution >= 0.6 is 0 Å². The molecule has 0 fully saturated rings. The van der Waals surface area contributed by atoms with Crippen molar-refractivity contribution in [3.8, 4) is 17.2 Å². The van der Waals surface area contributed by atoms with E-state index in [1.54, 1.807) is 12.1 Å². The van der Waals surface area contributed by atoms with Crippen molar-refractivity contribution in [2.75, 3.05) is 0 Å². The average molecular weight is 724 g/mol. The summed E-state index contributed by atoms with van der Waals surface area (Å²) < 4.78 is 61.2. The van der Waals surface area contributed by atoms with Gasteiger partial charge < -0.3 is 14.5 Å². The number of H-pyrrole nitrogens is 1. The second kappa shape index (κ2) is 15.1. The van der Waals surface area contributed by atoms with E-state index in [-0.39, 0.29) is 5.56 Å². The lowest BCUT2D eigenvalue weighted by Gasteiger charge is -2.15. The molecule has 0 aliphatic rings. The fourth-order valence-electron chi connectivity index (χ4n) is 6.37. The third-order valence-corrected chi connectivity index (χ3v) is 9.15. The molecule has 2 heterocycles. The van der Waals surface area contributed by atoms with Crippen LogP contribution in [0.2, 0.25) is 0 Å². The van der Waals surface area contributed by atoms with Gasteiger partial charge in [0.15, 0.2) is 10.1 Å². The van der Waals surface area contributed by atoms with Crippen molar-refractivity contribution < 1.29 is 40.6 Å². The highest BCUT2D eigenvalue weighted by atomic mass is 32.2. The lowest BCUT2D eigenvalue weighted by molar-refractivity contribution is -0.617. The Balaban J connectivity index is 0.000000178. The summed E-state index contributed by atoms with van der Waals surface area (Å²) in [4.78, 5) is 14.5. The van der Waals surface area contributed by atoms with Crippen LogP contribution in [0.3, 0.4) is 0 Å². The Kier molecular flexibility index (Phi) is 10.9. The van der Waals surface area contributed by atoms with Crippen molar-refractivity contribution in [3.05, 3.63) is 131 Å². The van der Waals surface area contributed by atoms with Crippen LogP contribution in [0, 0.1) is 25.2 Å². The van der Waals surface area contributed by atoms with Crippen molar-refractivity contribution in [1.29, 1.82) is 5.26 Å². The lowest BCUT2D eigenvalue weighted by atomic mass is 9.90. The fraction of sp³-hybridized carbons (Fsp3) is 0.150. The number of hydrogen-bond donors (Lipinski definition) is 1. The number of carbonyl (C=O) groups excluding carboxylic acids is 1. The van der Waals surface area contributed by atoms with Gasteiger partial charge in [0.05, 0.1) is 17.0 Å². The minimum atomic E-state index is -6.09. The summed E-state index contributed by atoms with van der Waals surface area (Å²) in [6.07, 6.45) is 1.38. The molecule has 0 saturated carbocycles. The van der Waals surface area contributed by atoms with E-state index in [0.717, 1.165) is 17.5 Å². The predicted octanol–water partition coefficient (Wildman–Crippen LogP) is 7.57. The second-order valence-electron chi connectivity index (χ2n) is 12.0. The van der Waals surface area contributed by atoms with Gasteiger partial charge in [-0.15, -0.1) is 0 Å². The average Bonchev–Trinajstić information content (AvgIpc) is 3.09. The first-order valence-corrected chi connectivity index (χ1v) is 17.4. The summed E-state index contributed by atoms with van der Waals surface area (Å²) >= 11 is 0. The maximum atomic E-state index is 11.3. The molecule has 0 aliphatic heterocycles. The van der Waals surface area contributed by atoms with Crippen LogP contribution in [-0.2, 0) is 23.6 Å². The van der Waals surface area contributed by atoms with Gasteiger partial charge in [-0.2, -0.15) is 23.0 Å². The first kappa shape index (κ1) is 37.4. The Bertz CT molecular complexity index is 2560. The van der Waals surface area contributed by atoms with E-state index in [1.165, 1.54) is 49.6 Å². The number of para-hydroxylation sites is 3. The van der Waals surface area contributed by atoms with Crippen molar-refractivity contribution >= 4 is 59.7 Å². The lowest BCUT2D eigenvalue weighted by Crippen LogP contribution is -2.30. The molecule has 1 N–H and O–H groups in total. The molecule has 5 aromatic carbocycles. The summed E-state index contributed by atoms with van der Waals surface area (Å²) in [5.41, 5.74) is 5.02. The number of hydrogen-bond acceptors (Lipinski definition) is 6. The normalized spacial score (nSPS) is 11.4. The molecule has 0 amide bonds. The Morgan fingerprint density at radius 2 is 1.37 bits per heavy atom. The number of pyridine rings is 2. The van der Waals surface area contributed by atoms with Gasteiger partial charge in [-0.05, 0) is 96.6 Å². The quantitative estimate of drug-likeness (QED) is 0.0653. The number of alkyl halides is 3. The zero-order valence-corrected chi connectivity index (χ0v) is 29.1. The van der Waals surface area contributed by atoms with Gasteiger partial charge >= 0.3 is 5.51 Å². The highest BCUT2D eigenvalue weighted by Gasteiger charge is 2.37. The predicted molar refractivity (Wildman–Crippen MR) is 192 cm³/mol. The largest absolute Gasteiger partial charge is 0.741 e. The van der Waals surface area contributed by atoms with Crippen LogP contribution in [0.15, 0.2) is 109 Å². The zero-order valence-electron chi connectivity index (χ0n) is 28.3. The number of carbonyl (C=O) groups is 1. The number of nitrogens with zero attached hydrogens (tertiary/aromatic N) is 2. The number of aromatic carboxylic acids is 1. The molecule has 2 aromatic heterocycles. The van der Waals surface area contributed by atoms with Crippen molar-refractivity contribution in [1.82, 2.24) is 4.98 Å². The number of benzene rings is 5. The van der Waals surface area contributed by atoms with Crippen molar-refractivity contribution in [2.24, 2.45) is 7.05 Å². The molecule has 12 heteroatoms. The highest BCUT2D eigenvalue weighted by molar-refractivity contribution is 7.86. The molecular weight excluding hydrogens is 692 g/mol. The van der Waals surface area contributed by atoms with Gasteiger partial charge in [0.2, 0.25) is 11.0 Å². The fourth-order valence-corrected chi connectivity index (χ4v) is 6.37. The number of nitrogens with one attached hydrogen (secondary N) is 1. The number of halogens is 3. The Morgan fingerprint density at radius 3 is 1.90 bits per heavy atom. The van der Waals surface area contributed by atoms with Gasteiger partial charge in [0.25, 0.3) is 0 Å². The number of carboxylic acids is 1. The van der Waals surface area contributed by atoms with Crippen molar-refractivity contribution in [3.63, 3.8) is 0 Å². The molecule has 52 heavy (non-hydrogen) atoms. The number of aromatic amines is 1. The molecule has 0 aliphatic carbocycles. The van der Waals surface area contributed by atoms with E-state index in [0.29, 0.717) is 17.2 Å². The molecule has 0 saturated heterocycles. The third kappa shape index (κ3) is 7.86. The Hall–Kier alpha value is -5.90. The maximum absolute atomic E-state index is 11.3. The minimum absolute atomic E-state index is 0.245. The van der Waals surface area contributed by atoms with Crippen LogP contribution in [0.4, 0.5) is 13.2 Å². The van der Waals surface area contributed by atoms with E-state index < -0.39 is 21.6 Å². The molecule has 7 rings (SSSR count). The summed E-state index contributed by atoms with van der Waals surface area (Å²) in [5.74, 6) is -1.15. The number of aryl methyl sites for hydroxylation is 4. The van der Waals surface area contributed by atoms with Crippen LogP contribution < -0.4 is 9.67 Å². The molecule has 0 radical (unpaired) electrons. The van der Waals surface area contributed by atoms with E-state index in [2.05, 4.69) is 97.2 Å². The molecular formula is C40H32F3N3O5S. The SMILES string of the molecule is Cc1cc(CCC#N)cc(C)c1-c1cccc2c1cc1ccccc1[n+]2C.O=C([O-])[c+]1c2ccccc2[nH]c2ccccc21.O=S(=O)([O-])C(F)(F)F. The number of aromatic nitrogens is 2. The summed E-state index contributed by atoms with van der Waals surface area (Å²) in [6, 6.07) is 38.8. The van der Waals surface area contributed by atoms with E-state index in [4.69, 9.17) is 18.2 Å². The minimum Gasteiger partial charge on any atom is -0.741 e. The zero-order chi connectivity index (χ0) is 37.8. The summed E-state index contributed by atoms with van der Waals surface area (Å²) in [6.45, 7) is 4.36. The smallest absolute Gasteiger partial charge is 0.485 e. The number of fused-ring (bicyclic) bond motifs is 4. The van der Waals surface area contributed by atoms with Gasteiger partial charge in [-0.1, -0.05) is 36.4 Å². The molecule has 0 unspecified atom stereocenters. The van der Waals surface area contributed by atoms with Crippen LogP contribution in [0.25, 0.3) is 54.7 Å². The highest BCUT2D eigenvalue weighted by Crippen LogP contribution is 2.35. The van der Waals surface area contributed by atoms with Crippen LogP contribution in [0.5, 0.6) is 0 Å². The maximum Gasteiger partial charge on any atom is 0.485 e. The first-order valence-electron chi connectivity index (χ1n) is 16.0. The monoisotopic (exact) mass is 723 g/mol. The second-order valence-corrected chi connectivity index (χ2v) is 13.4. The van der Waals surface area contributed by atoms with Gasteiger partial charge in [-0.3, -0.25) is 4.98 Å². The Labute approximate surface area is 297 Å². The molecule has 0 atom stereocenters. The molecule has 7 aromatic rings. The van der Waals surface area contributed by atoms with Crippen molar-refractivity contribution in [2.45, 2.75) is 32.2 Å². The molecule has 0 spiro atoms. The van der Waals surface area contributed by atoms with Gasteiger partial charge in [-0.25, -0.2) is 8.42 Å². The Morgan fingerprint density at radius 1 is 0.846 bits per heavy atom. The summed E-state index contributed by atoms with van der Waals surface area (Å²) in [7, 11) is -3.95. The number of nitriles is 1.